The van der Waals surface area contributed by atoms with Gasteiger partial charge in [-0.3, -0.25) is 0 Å². The summed E-state index contributed by atoms with van der Waals surface area (Å²) < 4.78 is 5.18. The van der Waals surface area contributed by atoms with E-state index >= 15 is 0 Å². The summed E-state index contributed by atoms with van der Waals surface area (Å²) in [6.45, 7) is 0. The van der Waals surface area contributed by atoms with Crippen LogP contribution in [0.3, 0.4) is 0 Å². The Labute approximate surface area is 118 Å². The van der Waals surface area contributed by atoms with Crippen molar-refractivity contribution in [3.63, 3.8) is 0 Å². The van der Waals surface area contributed by atoms with Gasteiger partial charge in [0.15, 0.2) is 0 Å². The summed E-state index contributed by atoms with van der Waals surface area (Å²) in [5, 5.41) is 0.636. The maximum atomic E-state index is 6.17. The van der Waals surface area contributed by atoms with Gasteiger partial charge in [0.2, 0.25) is 0 Å². The van der Waals surface area contributed by atoms with Crippen LogP contribution in [0.15, 0.2) is 36.4 Å². The Bertz CT molecular complexity index is 624. The third-order valence-corrected chi connectivity index (χ3v) is 4.05. The molecule has 3 rings (SSSR count). The molecule has 0 amide bonds. The lowest BCUT2D eigenvalue weighted by Gasteiger charge is -2.09. The quantitative estimate of drug-likeness (QED) is 0.899. The van der Waals surface area contributed by atoms with Crippen molar-refractivity contribution < 1.29 is 4.74 Å². The van der Waals surface area contributed by atoms with Gasteiger partial charge in [0.1, 0.15) is 5.75 Å². The van der Waals surface area contributed by atoms with E-state index in [-0.39, 0.29) is 6.04 Å². The summed E-state index contributed by atoms with van der Waals surface area (Å²) in [7, 11) is 1.62. The summed E-state index contributed by atoms with van der Waals surface area (Å²) in [4.78, 5) is 0. The smallest absolute Gasteiger partial charge is 0.137 e. The largest absolute Gasteiger partial charge is 0.495 e. The average Bonchev–Trinajstić information content (AvgIpc) is 2.80. The van der Waals surface area contributed by atoms with Crippen molar-refractivity contribution in [1.82, 2.24) is 0 Å². The fourth-order valence-corrected chi connectivity index (χ4v) is 2.93. The topological polar surface area (TPSA) is 35.2 Å². The van der Waals surface area contributed by atoms with Crippen LogP contribution < -0.4 is 10.5 Å². The molecule has 19 heavy (non-hydrogen) atoms. The normalized spacial score (nSPS) is 17.3. The summed E-state index contributed by atoms with van der Waals surface area (Å²) in [5.74, 6) is 0.702. The Hall–Kier alpha value is -1.51. The van der Waals surface area contributed by atoms with Crippen LogP contribution in [-0.2, 0) is 6.42 Å². The van der Waals surface area contributed by atoms with Gasteiger partial charge in [-0.25, -0.2) is 0 Å². The number of fused-ring (bicyclic) bond motifs is 1. The number of hydrogen-bond acceptors (Lipinski definition) is 2. The fraction of sp³-hybridized carbons (Fsp3) is 0.250. The van der Waals surface area contributed by atoms with Crippen LogP contribution >= 0.6 is 11.6 Å². The van der Waals surface area contributed by atoms with E-state index in [1.54, 1.807) is 7.11 Å². The zero-order valence-corrected chi connectivity index (χ0v) is 11.6. The Morgan fingerprint density at radius 3 is 2.63 bits per heavy atom. The van der Waals surface area contributed by atoms with Crippen molar-refractivity contribution in [2.45, 2.75) is 18.9 Å². The van der Waals surface area contributed by atoms with Gasteiger partial charge in [-0.1, -0.05) is 35.9 Å². The van der Waals surface area contributed by atoms with Gasteiger partial charge in [0.05, 0.1) is 12.1 Å². The maximum Gasteiger partial charge on any atom is 0.137 e. The second-order valence-electron chi connectivity index (χ2n) is 4.91. The van der Waals surface area contributed by atoms with E-state index in [4.69, 9.17) is 22.1 Å². The molecule has 0 saturated carbocycles. The minimum Gasteiger partial charge on any atom is -0.495 e. The molecule has 2 nitrogen and oxygen atoms in total. The first-order valence-corrected chi connectivity index (χ1v) is 6.79. The van der Waals surface area contributed by atoms with E-state index in [1.807, 2.05) is 18.2 Å². The van der Waals surface area contributed by atoms with E-state index < -0.39 is 0 Å². The number of ether oxygens (including phenoxy) is 1. The van der Waals surface area contributed by atoms with Crippen molar-refractivity contribution >= 4 is 11.6 Å². The van der Waals surface area contributed by atoms with Crippen molar-refractivity contribution in [3.05, 3.63) is 52.5 Å². The summed E-state index contributed by atoms with van der Waals surface area (Å²) in [6.07, 6.45) is 2.11. The van der Waals surface area contributed by atoms with Crippen LogP contribution in [0, 0.1) is 0 Å². The molecule has 2 aromatic carbocycles. The number of hydrogen-bond donors (Lipinski definition) is 1. The number of methoxy groups -OCH3 is 1. The van der Waals surface area contributed by atoms with E-state index in [0.29, 0.717) is 10.8 Å². The summed E-state index contributed by atoms with van der Waals surface area (Å²) in [5.41, 5.74) is 11.0. The number of nitrogens with two attached hydrogens (primary N) is 1. The molecule has 2 N–H and O–H groups in total. The highest BCUT2D eigenvalue weighted by Gasteiger charge is 2.19. The van der Waals surface area contributed by atoms with Crippen molar-refractivity contribution in [1.29, 1.82) is 0 Å². The molecule has 0 bridgehead atoms. The van der Waals surface area contributed by atoms with Crippen molar-refractivity contribution in [3.8, 4) is 16.9 Å². The van der Waals surface area contributed by atoms with Crippen LogP contribution in [-0.4, -0.2) is 7.11 Å². The van der Waals surface area contributed by atoms with Gasteiger partial charge in [-0.2, -0.15) is 0 Å². The van der Waals surface area contributed by atoms with Crippen LogP contribution in [0.1, 0.15) is 23.6 Å². The van der Waals surface area contributed by atoms with Gasteiger partial charge in [0, 0.05) is 6.04 Å². The zero-order chi connectivity index (χ0) is 13.4. The van der Waals surface area contributed by atoms with E-state index in [1.165, 1.54) is 16.7 Å². The highest BCUT2D eigenvalue weighted by molar-refractivity contribution is 6.32. The number of halogens is 1. The third kappa shape index (κ3) is 2.22. The Morgan fingerprint density at radius 1 is 1.16 bits per heavy atom. The van der Waals surface area contributed by atoms with E-state index in [2.05, 4.69) is 18.2 Å². The molecule has 1 unspecified atom stereocenters. The zero-order valence-electron chi connectivity index (χ0n) is 10.8. The lowest BCUT2D eigenvalue weighted by atomic mass is 10.00. The lowest BCUT2D eigenvalue weighted by Crippen LogP contribution is -2.04. The number of rotatable bonds is 2. The van der Waals surface area contributed by atoms with Crippen LogP contribution in [0.4, 0.5) is 0 Å². The van der Waals surface area contributed by atoms with Crippen molar-refractivity contribution in [2.75, 3.05) is 7.11 Å². The number of aryl methyl sites for hydroxylation is 1. The average molecular weight is 274 g/mol. The lowest BCUT2D eigenvalue weighted by molar-refractivity contribution is 0.415. The molecule has 98 valence electrons. The molecule has 0 heterocycles. The molecule has 0 aromatic heterocycles. The van der Waals surface area contributed by atoms with Gasteiger partial charge in [0.25, 0.3) is 0 Å². The predicted octanol–water partition coefficient (Wildman–Crippen LogP) is 3.96. The first kappa shape index (κ1) is 12.5. The molecule has 1 aliphatic carbocycles. The maximum absolute atomic E-state index is 6.17. The van der Waals surface area contributed by atoms with Crippen LogP contribution in [0.5, 0.6) is 5.75 Å². The second kappa shape index (κ2) is 4.87. The molecule has 0 spiro atoms. The second-order valence-corrected chi connectivity index (χ2v) is 5.32. The molecule has 0 saturated heterocycles. The van der Waals surface area contributed by atoms with Crippen LogP contribution in [0.25, 0.3) is 11.1 Å². The molecular weight excluding hydrogens is 258 g/mol. The molecule has 2 aromatic rings. The summed E-state index contributed by atoms with van der Waals surface area (Å²) in [6, 6.07) is 12.5. The van der Waals surface area contributed by atoms with Gasteiger partial charge >= 0.3 is 0 Å². The van der Waals surface area contributed by atoms with Gasteiger partial charge < -0.3 is 10.5 Å². The molecule has 0 aliphatic heterocycles. The van der Waals surface area contributed by atoms with E-state index in [0.717, 1.165) is 18.4 Å². The minimum absolute atomic E-state index is 0.198. The third-order valence-electron chi connectivity index (χ3n) is 3.75. The minimum atomic E-state index is 0.198. The van der Waals surface area contributed by atoms with Gasteiger partial charge in [-0.15, -0.1) is 0 Å². The molecule has 0 fully saturated rings. The number of benzene rings is 2. The fourth-order valence-electron chi connectivity index (χ4n) is 2.68. The first-order chi connectivity index (χ1) is 9.19. The SMILES string of the molecule is COc1ccc(-c2ccc3c(c2)CCC3N)cc1Cl. The van der Waals surface area contributed by atoms with Crippen LogP contribution in [0.2, 0.25) is 5.02 Å². The highest BCUT2D eigenvalue weighted by Crippen LogP contribution is 2.35. The standard InChI is InChI=1S/C16H16ClNO/c1-19-16-7-4-11(9-14(16)17)10-2-5-13-12(8-10)3-6-15(13)18/h2,4-5,7-9,15H,3,6,18H2,1H3. The molecule has 1 atom stereocenters. The predicted molar refractivity (Wildman–Crippen MR) is 78.7 cm³/mol. The monoisotopic (exact) mass is 273 g/mol. The molecule has 1 aliphatic rings. The molecular formula is C16H16ClNO. The Balaban J connectivity index is 2.01. The molecule has 0 radical (unpaired) electrons. The highest BCUT2D eigenvalue weighted by atomic mass is 35.5. The Morgan fingerprint density at radius 2 is 1.89 bits per heavy atom. The van der Waals surface area contributed by atoms with E-state index in [9.17, 15) is 0 Å². The van der Waals surface area contributed by atoms with Crippen molar-refractivity contribution in [2.24, 2.45) is 5.73 Å². The first-order valence-electron chi connectivity index (χ1n) is 6.41. The molecule has 3 heteroatoms. The van der Waals surface area contributed by atoms with Gasteiger partial charge in [-0.05, 0) is 47.2 Å². The summed E-state index contributed by atoms with van der Waals surface area (Å²) >= 11 is 6.17. The Kier molecular flexibility index (Phi) is 3.21.